The maximum absolute atomic E-state index is 11.9. The maximum atomic E-state index is 11.9. The number of ketones is 1. The van der Waals surface area contributed by atoms with E-state index in [0.717, 1.165) is 30.8 Å². The first-order valence-corrected chi connectivity index (χ1v) is 5.81. The summed E-state index contributed by atoms with van der Waals surface area (Å²) in [5, 5.41) is 0. The van der Waals surface area contributed by atoms with Gasteiger partial charge in [0.2, 0.25) is 0 Å². The van der Waals surface area contributed by atoms with Crippen LogP contribution in [0.2, 0.25) is 0 Å². The molecule has 0 spiro atoms. The lowest BCUT2D eigenvalue weighted by molar-refractivity contribution is 0.0984. The second-order valence-corrected chi connectivity index (χ2v) is 4.06. The summed E-state index contributed by atoms with van der Waals surface area (Å²) in [6, 6.07) is 7.92. The van der Waals surface area contributed by atoms with Crippen LogP contribution in [0.1, 0.15) is 30.1 Å². The van der Waals surface area contributed by atoms with Gasteiger partial charge in [0.1, 0.15) is 0 Å². The summed E-state index contributed by atoms with van der Waals surface area (Å²) in [6.45, 7) is 3.88. The lowest BCUT2D eigenvalue weighted by Gasteiger charge is -2.22. The van der Waals surface area contributed by atoms with Crippen LogP contribution in [0, 0.1) is 0 Å². The molecule has 84 valence electrons. The highest BCUT2D eigenvalue weighted by molar-refractivity contribution is 6.01. The number of hydrogen-bond acceptors (Lipinski definition) is 2. The smallest absolute Gasteiger partial charge is 0.165 e. The van der Waals surface area contributed by atoms with Gasteiger partial charge >= 0.3 is 0 Å². The van der Waals surface area contributed by atoms with E-state index in [1.165, 1.54) is 0 Å². The molecule has 0 N–H and O–H groups in total. The summed E-state index contributed by atoms with van der Waals surface area (Å²) >= 11 is 0. The molecule has 1 aliphatic rings. The van der Waals surface area contributed by atoms with Crippen LogP contribution in [0.4, 0.5) is 5.69 Å². The Balaban J connectivity index is 2.34. The average molecular weight is 215 g/mol. The van der Waals surface area contributed by atoms with E-state index in [1.807, 2.05) is 31.2 Å². The molecular formula is C14H17NO. The zero-order valence-electron chi connectivity index (χ0n) is 9.65. The van der Waals surface area contributed by atoms with Crippen molar-refractivity contribution in [2.24, 2.45) is 0 Å². The molecule has 1 aromatic carbocycles. The molecule has 2 rings (SSSR count). The van der Waals surface area contributed by atoms with E-state index in [9.17, 15) is 4.79 Å². The molecule has 0 saturated carbocycles. The van der Waals surface area contributed by atoms with Crippen molar-refractivity contribution in [1.29, 1.82) is 0 Å². The molecular weight excluding hydrogens is 198 g/mol. The van der Waals surface area contributed by atoms with Crippen molar-refractivity contribution in [2.75, 3.05) is 18.0 Å². The van der Waals surface area contributed by atoms with Gasteiger partial charge in [0, 0.05) is 30.8 Å². The lowest BCUT2D eigenvalue weighted by atomic mass is 10.1. The van der Waals surface area contributed by atoms with Crippen molar-refractivity contribution in [3.05, 3.63) is 42.0 Å². The number of anilines is 1. The van der Waals surface area contributed by atoms with E-state index >= 15 is 0 Å². The molecule has 2 nitrogen and oxygen atoms in total. The minimum Gasteiger partial charge on any atom is -0.367 e. The lowest BCUT2D eigenvalue weighted by Crippen LogP contribution is -2.24. The fourth-order valence-corrected chi connectivity index (χ4v) is 2.09. The molecule has 1 aromatic rings. The van der Waals surface area contributed by atoms with Crippen LogP contribution in [0.25, 0.3) is 0 Å². The van der Waals surface area contributed by atoms with E-state index < -0.39 is 0 Å². The third-order valence-corrected chi connectivity index (χ3v) is 2.94. The molecule has 0 radical (unpaired) electrons. The highest BCUT2D eigenvalue weighted by atomic mass is 16.1. The number of fused-ring (bicyclic) bond motifs is 1. The molecule has 0 saturated heterocycles. The average Bonchev–Trinajstić information content (AvgIpc) is 2.47. The number of hydrogen-bond donors (Lipinski definition) is 0. The molecule has 0 aromatic heterocycles. The maximum Gasteiger partial charge on any atom is 0.165 e. The van der Waals surface area contributed by atoms with E-state index in [0.29, 0.717) is 6.42 Å². The number of benzene rings is 1. The number of Topliss-reactive ketones (excluding diaryl/α,β-unsaturated/α-hetero) is 1. The first kappa shape index (κ1) is 10.9. The van der Waals surface area contributed by atoms with Gasteiger partial charge in [0.15, 0.2) is 5.78 Å². The van der Waals surface area contributed by atoms with Crippen molar-refractivity contribution >= 4 is 11.5 Å². The zero-order chi connectivity index (χ0) is 11.4. The van der Waals surface area contributed by atoms with Gasteiger partial charge in [-0.2, -0.15) is 0 Å². The molecule has 0 bridgehead atoms. The third kappa shape index (κ3) is 2.16. The summed E-state index contributed by atoms with van der Waals surface area (Å²) in [5.74, 6) is 0.276. The molecule has 2 heteroatoms. The van der Waals surface area contributed by atoms with Gasteiger partial charge in [-0.3, -0.25) is 4.79 Å². The number of nitrogens with zero attached hydrogens (tertiary/aromatic N) is 1. The van der Waals surface area contributed by atoms with Crippen molar-refractivity contribution in [2.45, 2.75) is 19.8 Å². The SMILES string of the molecule is C/C=C/CN1CCCC(=O)c2ccccc21. The molecule has 1 aliphatic heterocycles. The van der Waals surface area contributed by atoms with E-state index in [1.54, 1.807) is 0 Å². The number of carbonyl (C=O) groups excluding carboxylic acids is 1. The predicted molar refractivity (Wildman–Crippen MR) is 67.0 cm³/mol. The molecule has 0 atom stereocenters. The van der Waals surface area contributed by atoms with Crippen LogP contribution in [0.5, 0.6) is 0 Å². The van der Waals surface area contributed by atoms with Crippen LogP contribution in [-0.2, 0) is 0 Å². The first-order valence-electron chi connectivity index (χ1n) is 5.81. The monoisotopic (exact) mass is 215 g/mol. The fourth-order valence-electron chi connectivity index (χ4n) is 2.09. The zero-order valence-corrected chi connectivity index (χ0v) is 9.65. The summed E-state index contributed by atoms with van der Waals surface area (Å²) in [4.78, 5) is 14.2. The standard InChI is InChI=1S/C14H17NO/c1-2-3-10-15-11-6-9-14(16)12-7-4-5-8-13(12)15/h2-5,7-8H,6,9-11H2,1H3/b3-2+. The number of allylic oxidation sites excluding steroid dienone is 1. The van der Waals surface area contributed by atoms with Crippen molar-refractivity contribution in [3.8, 4) is 0 Å². The normalized spacial score (nSPS) is 16.3. The van der Waals surface area contributed by atoms with Crippen molar-refractivity contribution < 1.29 is 4.79 Å². The highest BCUT2D eigenvalue weighted by Crippen LogP contribution is 2.25. The Morgan fingerprint density at radius 1 is 1.38 bits per heavy atom. The van der Waals surface area contributed by atoms with Crippen LogP contribution in [0.3, 0.4) is 0 Å². The van der Waals surface area contributed by atoms with Crippen molar-refractivity contribution in [1.82, 2.24) is 0 Å². The van der Waals surface area contributed by atoms with E-state index in [2.05, 4.69) is 17.1 Å². The highest BCUT2D eigenvalue weighted by Gasteiger charge is 2.19. The van der Waals surface area contributed by atoms with Gasteiger partial charge in [-0.05, 0) is 25.5 Å². The molecule has 1 heterocycles. The van der Waals surface area contributed by atoms with Gasteiger partial charge < -0.3 is 4.90 Å². The molecule has 0 fully saturated rings. The quantitative estimate of drug-likeness (QED) is 0.707. The Morgan fingerprint density at radius 3 is 3.00 bits per heavy atom. The van der Waals surface area contributed by atoms with E-state index in [4.69, 9.17) is 0 Å². The Labute approximate surface area is 96.6 Å². The molecule has 16 heavy (non-hydrogen) atoms. The first-order chi connectivity index (χ1) is 7.83. The molecule has 0 aliphatic carbocycles. The Bertz CT molecular complexity index is 409. The summed E-state index contributed by atoms with van der Waals surface area (Å²) < 4.78 is 0. The van der Waals surface area contributed by atoms with Gasteiger partial charge in [0.05, 0.1) is 0 Å². The molecule has 0 unspecified atom stereocenters. The van der Waals surface area contributed by atoms with Crippen LogP contribution in [-0.4, -0.2) is 18.9 Å². The van der Waals surface area contributed by atoms with Gasteiger partial charge in [-0.1, -0.05) is 24.3 Å². The van der Waals surface area contributed by atoms with Gasteiger partial charge in [-0.25, -0.2) is 0 Å². The summed E-state index contributed by atoms with van der Waals surface area (Å²) in [7, 11) is 0. The Kier molecular flexibility index (Phi) is 3.40. The summed E-state index contributed by atoms with van der Waals surface area (Å²) in [5.41, 5.74) is 1.97. The fraction of sp³-hybridized carbons (Fsp3) is 0.357. The number of para-hydroxylation sites is 1. The van der Waals surface area contributed by atoms with Gasteiger partial charge in [0.25, 0.3) is 0 Å². The minimum absolute atomic E-state index is 0.276. The van der Waals surface area contributed by atoms with Crippen molar-refractivity contribution in [3.63, 3.8) is 0 Å². The third-order valence-electron chi connectivity index (χ3n) is 2.94. The minimum atomic E-state index is 0.276. The number of carbonyl (C=O) groups is 1. The predicted octanol–water partition coefficient (Wildman–Crippen LogP) is 3.05. The largest absolute Gasteiger partial charge is 0.367 e. The summed E-state index contributed by atoms with van der Waals surface area (Å²) in [6.07, 6.45) is 5.80. The number of rotatable bonds is 2. The Morgan fingerprint density at radius 2 is 2.19 bits per heavy atom. The van der Waals surface area contributed by atoms with E-state index in [-0.39, 0.29) is 5.78 Å². The van der Waals surface area contributed by atoms with Crippen LogP contribution in [0.15, 0.2) is 36.4 Å². The van der Waals surface area contributed by atoms with Gasteiger partial charge in [-0.15, -0.1) is 0 Å². The van der Waals surface area contributed by atoms with Crippen LogP contribution >= 0.6 is 0 Å². The second kappa shape index (κ2) is 4.97. The molecule has 0 amide bonds. The topological polar surface area (TPSA) is 20.3 Å². The van der Waals surface area contributed by atoms with Crippen LogP contribution < -0.4 is 4.90 Å². The second-order valence-electron chi connectivity index (χ2n) is 4.06. The Hall–Kier alpha value is -1.57.